The van der Waals surface area contributed by atoms with Crippen molar-refractivity contribution in [3.63, 3.8) is 0 Å². The van der Waals surface area contributed by atoms with Crippen LogP contribution in [-0.4, -0.2) is 19.1 Å². The molecular weight excluding hydrogens is 290 g/mol. The number of para-hydroxylation sites is 1. The summed E-state index contributed by atoms with van der Waals surface area (Å²) in [4.78, 5) is 17.2. The number of carbonyl (C=O) groups is 1. The second-order valence-corrected chi connectivity index (χ2v) is 5.47. The van der Waals surface area contributed by atoms with E-state index in [2.05, 4.69) is 10.7 Å². The Morgan fingerprint density at radius 3 is 2.30 bits per heavy atom. The molecule has 1 amide bonds. The van der Waals surface area contributed by atoms with Gasteiger partial charge in [-0.2, -0.15) is 5.17 Å². The van der Waals surface area contributed by atoms with Crippen LogP contribution >= 0.6 is 0 Å². The lowest BCUT2D eigenvalue weighted by atomic mass is 10.1. The number of anilines is 1. The number of hydrazine groups is 1. The van der Waals surface area contributed by atoms with Gasteiger partial charge in [-0.1, -0.05) is 30.3 Å². The third kappa shape index (κ3) is 5.09. The largest absolute Gasteiger partial charge is 0.350 e. The highest BCUT2D eigenvalue weighted by atomic mass is 16.7. The van der Waals surface area contributed by atoms with Crippen molar-refractivity contribution in [1.82, 2.24) is 10.7 Å². The molecule has 0 unspecified atom stereocenters. The molecule has 2 N–H and O–H groups in total. The Bertz CT molecular complexity index is 612. The Kier molecular flexibility index (Phi) is 6.14. The SMILES string of the molecule is CON(NCc1ccc(C(=O)NC(C)C)cc1)c1ccccc1. The molecule has 0 aliphatic carbocycles. The van der Waals surface area contributed by atoms with Gasteiger partial charge in [-0.25, -0.2) is 5.43 Å². The fourth-order valence-electron chi connectivity index (χ4n) is 2.11. The van der Waals surface area contributed by atoms with Crippen molar-refractivity contribution in [1.29, 1.82) is 0 Å². The normalized spacial score (nSPS) is 10.6. The molecule has 0 aliphatic rings. The van der Waals surface area contributed by atoms with Crippen LogP contribution in [0.5, 0.6) is 0 Å². The smallest absolute Gasteiger partial charge is 0.251 e. The zero-order valence-electron chi connectivity index (χ0n) is 13.7. The summed E-state index contributed by atoms with van der Waals surface area (Å²) in [5.74, 6) is -0.0534. The highest BCUT2D eigenvalue weighted by Crippen LogP contribution is 2.11. The molecule has 122 valence electrons. The maximum atomic E-state index is 11.9. The summed E-state index contributed by atoms with van der Waals surface area (Å²) in [6, 6.07) is 17.4. The van der Waals surface area contributed by atoms with E-state index in [-0.39, 0.29) is 11.9 Å². The van der Waals surface area contributed by atoms with E-state index in [0.717, 1.165) is 11.3 Å². The fourth-order valence-corrected chi connectivity index (χ4v) is 2.11. The van der Waals surface area contributed by atoms with Crippen molar-refractivity contribution >= 4 is 11.6 Å². The second-order valence-electron chi connectivity index (χ2n) is 5.47. The van der Waals surface area contributed by atoms with Crippen molar-refractivity contribution in [2.45, 2.75) is 26.4 Å². The van der Waals surface area contributed by atoms with Crippen LogP contribution in [0.4, 0.5) is 5.69 Å². The molecule has 2 aromatic carbocycles. The fraction of sp³-hybridized carbons (Fsp3) is 0.278. The summed E-state index contributed by atoms with van der Waals surface area (Å²) in [5.41, 5.74) is 5.83. The van der Waals surface area contributed by atoms with E-state index in [0.29, 0.717) is 12.1 Å². The second kappa shape index (κ2) is 8.31. The molecule has 0 bridgehead atoms. The van der Waals surface area contributed by atoms with E-state index in [1.807, 2.05) is 68.4 Å². The first-order chi connectivity index (χ1) is 11.1. The molecule has 0 spiro atoms. The van der Waals surface area contributed by atoms with Crippen LogP contribution in [-0.2, 0) is 11.4 Å². The minimum atomic E-state index is -0.0534. The van der Waals surface area contributed by atoms with E-state index in [1.165, 1.54) is 0 Å². The van der Waals surface area contributed by atoms with Gasteiger partial charge in [0.1, 0.15) is 0 Å². The highest BCUT2D eigenvalue weighted by molar-refractivity contribution is 5.94. The molecular formula is C18H23N3O2. The van der Waals surface area contributed by atoms with Crippen LogP contribution in [0.1, 0.15) is 29.8 Å². The Morgan fingerprint density at radius 1 is 1.09 bits per heavy atom. The van der Waals surface area contributed by atoms with Gasteiger partial charge < -0.3 is 5.32 Å². The topological polar surface area (TPSA) is 53.6 Å². The van der Waals surface area contributed by atoms with Crippen LogP contribution in [0.25, 0.3) is 0 Å². The molecule has 0 saturated carbocycles. The van der Waals surface area contributed by atoms with Gasteiger partial charge in [-0.3, -0.25) is 9.63 Å². The number of carbonyl (C=O) groups excluding carboxylic acids is 1. The summed E-state index contributed by atoms with van der Waals surface area (Å²) < 4.78 is 0. The molecule has 0 atom stereocenters. The Hall–Kier alpha value is -2.37. The monoisotopic (exact) mass is 313 g/mol. The molecule has 23 heavy (non-hydrogen) atoms. The highest BCUT2D eigenvalue weighted by Gasteiger charge is 2.07. The average Bonchev–Trinajstić information content (AvgIpc) is 2.56. The number of rotatable bonds is 7. The van der Waals surface area contributed by atoms with Crippen LogP contribution in [0.3, 0.4) is 0 Å². The van der Waals surface area contributed by atoms with Gasteiger partial charge in [0.05, 0.1) is 12.8 Å². The molecule has 5 nitrogen and oxygen atoms in total. The van der Waals surface area contributed by atoms with Crippen molar-refractivity contribution in [2.75, 3.05) is 12.3 Å². The third-order valence-corrected chi connectivity index (χ3v) is 3.24. The minimum absolute atomic E-state index is 0.0534. The number of hydrogen-bond donors (Lipinski definition) is 2. The maximum Gasteiger partial charge on any atom is 0.251 e. The molecule has 5 heteroatoms. The van der Waals surface area contributed by atoms with Crippen molar-refractivity contribution in [3.8, 4) is 0 Å². The van der Waals surface area contributed by atoms with E-state index in [9.17, 15) is 4.79 Å². The lowest BCUT2D eigenvalue weighted by Crippen LogP contribution is -2.36. The van der Waals surface area contributed by atoms with Crippen molar-refractivity contribution in [3.05, 3.63) is 65.7 Å². The first-order valence-electron chi connectivity index (χ1n) is 7.62. The summed E-state index contributed by atoms with van der Waals surface area (Å²) in [6.07, 6.45) is 0. The van der Waals surface area contributed by atoms with E-state index in [1.54, 1.807) is 12.3 Å². The Labute approximate surface area is 137 Å². The lowest BCUT2D eigenvalue weighted by molar-refractivity contribution is 0.0943. The van der Waals surface area contributed by atoms with Gasteiger partial charge in [-0.15, -0.1) is 0 Å². The summed E-state index contributed by atoms with van der Waals surface area (Å²) >= 11 is 0. The van der Waals surface area contributed by atoms with E-state index in [4.69, 9.17) is 4.84 Å². The first kappa shape index (κ1) is 17.0. The maximum absolute atomic E-state index is 11.9. The summed E-state index contributed by atoms with van der Waals surface area (Å²) in [6.45, 7) is 4.48. The van der Waals surface area contributed by atoms with Crippen molar-refractivity contribution in [2.24, 2.45) is 0 Å². The number of amides is 1. The molecule has 0 fully saturated rings. The molecule has 0 radical (unpaired) electrons. The zero-order chi connectivity index (χ0) is 16.7. The van der Waals surface area contributed by atoms with Gasteiger partial charge in [0.2, 0.25) is 0 Å². The van der Waals surface area contributed by atoms with Gasteiger partial charge in [0.25, 0.3) is 5.91 Å². The lowest BCUT2D eigenvalue weighted by Gasteiger charge is -2.22. The van der Waals surface area contributed by atoms with Crippen LogP contribution < -0.4 is 15.9 Å². The zero-order valence-corrected chi connectivity index (χ0v) is 13.7. The van der Waals surface area contributed by atoms with Gasteiger partial charge in [0.15, 0.2) is 0 Å². The molecule has 2 aromatic rings. The Morgan fingerprint density at radius 2 is 1.74 bits per heavy atom. The third-order valence-electron chi connectivity index (χ3n) is 3.24. The van der Waals surface area contributed by atoms with E-state index < -0.39 is 0 Å². The van der Waals surface area contributed by atoms with E-state index >= 15 is 0 Å². The van der Waals surface area contributed by atoms with Gasteiger partial charge >= 0.3 is 0 Å². The predicted molar refractivity (Wildman–Crippen MR) is 91.8 cm³/mol. The standard InChI is InChI=1S/C18H23N3O2/c1-14(2)20-18(22)16-11-9-15(10-12-16)13-19-21(23-3)17-7-5-4-6-8-17/h4-12,14,19H,13H2,1-3H3,(H,20,22). The number of nitrogens with one attached hydrogen (secondary N) is 2. The summed E-state index contributed by atoms with van der Waals surface area (Å²) in [7, 11) is 1.61. The summed E-state index contributed by atoms with van der Waals surface area (Å²) in [5, 5.41) is 4.49. The van der Waals surface area contributed by atoms with Crippen molar-refractivity contribution < 1.29 is 9.63 Å². The van der Waals surface area contributed by atoms with Gasteiger partial charge in [-0.05, 0) is 43.7 Å². The van der Waals surface area contributed by atoms with Crippen LogP contribution in [0, 0.1) is 0 Å². The molecule has 0 saturated heterocycles. The quantitative estimate of drug-likeness (QED) is 0.772. The molecule has 2 rings (SSSR count). The molecule has 0 aromatic heterocycles. The Balaban J connectivity index is 1.94. The predicted octanol–water partition coefficient (Wildman–Crippen LogP) is 2.90. The van der Waals surface area contributed by atoms with Gasteiger partial charge in [0, 0.05) is 18.2 Å². The average molecular weight is 313 g/mol. The molecule has 0 aliphatic heterocycles. The number of hydrogen-bond acceptors (Lipinski definition) is 4. The van der Waals surface area contributed by atoms with Crippen LogP contribution in [0.2, 0.25) is 0 Å². The minimum Gasteiger partial charge on any atom is -0.350 e. The van der Waals surface area contributed by atoms with Crippen LogP contribution in [0.15, 0.2) is 54.6 Å². The first-order valence-corrected chi connectivity index (χ1v) is 7.62. The molecule has 0 heterocycles. The number of nitrogens with zero attached hydrogens (tertiary/aromatic N) is 1. The number of benzene rings is 2.